The number of aryl methyl sites for hydroxylation is 2. The minimum atomic E-state index is -1.77. The van der Waals surface area contributed by atoms with Gasteiger partial charge in [0, 0.05) is 42.1 Å². The molecular formula is C32H41Cl2N3O7. The second kappa shape index (κ2) is 13.9. The molecule has 1 heterocycles. The van der Waals surface area contributed by atoms with Gasteiger partial charge in [0.25, 0.3) is 0 Å². The van der Waals surface area contributed by atoms with E-state index in [-0.39, 0.29) is 25.3 Å². The number of hydrogen-bond acceptors (Lipinski definition) is 8. The number of aliphatic hydroxyl groups excluding tert-OH is 5. The lowest BCUT2D eigenvalue weighted by molar-refractivity contribution is -0.126. The van der Waals surface area contributed by atoms with Crippen molar-refractivity contribution < 1.29 is 35.1 Å². The Morgan fingerprint density at radius 2 is 1.52 bits per heavy atom. The van der Waals surface area contributed by atoms with Gasteiger partial charge in [0.05, 0.1) is 29.5 Å². The molecule has 0 unspecified atom stereocenters. The fourth-order valence-corrected chi connectivity index (χ4v) is 6.56. The number of hydrogen-bond donors (Lipinski definition) is 6. The zero-order valence-corrected chi connectivity index (χ0v) is 26.1. The molecular weight excluding hydrogens is 609 g/mol. The molecule has 2 aromatic carbocycles. The van der Waals surface area contributed by atoms with E-state index in [1.165, 1.54) is 12.8 Å². The zero-order chi connectivity index (χ0) is 31.6. The molecule has 2 fully saturated rings. The molecule has 2 amide bonds. The summed E-state index contributed by atoms with van der Waals surface area (Å²) >= 11 is 13.2. The summed E-state index contributed by atoms with van der Waals surface area (Å²) in [5.41, 5.74) is 3.28. The number of anilines is 2. The van der Waals surface area contributed by atoms with Gasteiger partial charge in [0.15, 0.2) is 0 Å². The molecule has 44 heavy (non-hydrogen) atoms. The molecule has 0 radical (unpaired) electrons. The number of amides is 2. The Hall–Kier alpha value is -2.44. The number of para-hydroxylation sites is 2. The molecule has 2 aromatic rings. The van der Waals surface area contributed by atoms with Crippen LogP contribution in [0.1, 0.15) is 49.7 Å². The normalized spacial score (nSPS) is 20.0. The number of fused-ring (bicyclic) bond motifs is 1. The SMILES string of the molecule is O=C(CCc1cc(Cl)c(CCC2(C(=O)N3CCN(C4CC4)c4ccccc43)CC2)cc1Cl)NC[C@H](O)[C@@H](O)[C@H](O)[C@H](O)CO. The number of carbonyl (C=O) groups is 2. The monoisotopic (exact) mass is 649 g/mol. The van der Waals surface area contributed by atoms with Crippen LogP contribution in [0.3, 0.4) is 0 Å². The first kappa shape index (κ1) is 32.9. The van der Waals surface area contributed by atoms with Crippen molar-refractivity contribution in [2.75, 3.05) is 36.0 Å². The van der Waals surface area contributed by atoms with Gasteiger partial charge in [-0.1, -0.05) is 35.3 Å². The molecule has 2 aliphatic carbocycles. The fraction of sp³-hybridized carbons (Fsp3) is 0.562. The minimum Gasteiger partial charge on any atom is -0.394 e. The number of benzene rings is 2. The van der Waals surface area contributed by atoms with Gasteiger partial charge in [-0.15, -0.1) is 0 Å². The van der Waals surface area contributed by atoms with E-state index >= 15 is 0 Å². The molecule has 5 rings (SSSR count). The molecule has 0 spiro atoms. The first-order valence-corrected chi connectivity index (χ1v) is 16.0. The molecule has 0 saturated heterocycles. The minimum absolute atomic E-state index is 0.0348. The molecule has 4 atom stereocenters. The topological polar surface area (TPSA) is 154 Å². The van der Waals surface area contributed by atoms with Crippen LogP contribution in [0.25, 0.3) is 0 Å². The smallest absolute Gasteiger partial charge is 0.233 e. The largest absolute Gasteiger partial charge is 0.394 e. The summed E-state index contributed by atoms with van der Waals surface area (Å²) in [5, 5.41) is 51.3. The van der Waals surface area contributed by atoms with Crippen LogP contribution in [-0.4, -0.2) is 94.0 Å². The van der Waals surface area contributed by atoms with Crippen molar-refractivity contribution >= 4 is 46.4 Å². The Labute approximate surface area is 267 Å². The Morgan fingerprint density at radius 3 is 2.14 bits per heavy atom. The second-order valence-electron chi connectivity index (χ2n) is 12.3. The number of nitrogens with one attached hydrogen (secondary N) is 1. The van der Waals surface area contributed by atoms with Crippen LogP contribution >= 0.6 is 23.2 Å². The Morgan fingerprint density at radius 1 is 0.909 bits per heavy atom. The van der Waals surface area contributed by atoms with E-state index in [0.29, 0.717) is 41.0 Å². The number of carbonyl (C=O) groups excluding carboxylic acids is 2. The average molecular weight is 651 g/mol. The quantitative estimate of drug-likeness (QED) is 0.182. The number of halogens is 2. The first-order chi connectivity index (χ1) is 21.0. The van der Waals surface area contributed by atoms with E-state index in [4.69, 9.17) is 28.3 Å². The van der Waals surface area contributed by atoms with Crippen LogP contribution in [-0.2, 0) is 22.4 Å². The van der Waals surface area contributed by atoms with Crippen LogP contribution in [0.2, 0.25) is 10.0 Å². The third-order valence-electron chi connectivity index (χ3n) is 9.13. The average Bonchev–Trinajstić information content (AvgIpc) is 3.97. The fourth-order valence-electron chi connectivity index (χ4n) is 5.99. The standard InChI is InChI=1S/C32H41Cl2N3O7/c33-22-16-20(23(34)15-19(22)5-8-28(41)35-17-26(39)29(42)30(43)27(40)18-38)9-10-32(11-12-32)31(44)37-14-13-36(21-6-7-21)24-3-1-2-4-25(24)37/h1-4,15-16,21,26-27,29-30,38-40,42-43H,5-14,17-18H2,(H,35,41)/t26-,27+,29+,30+/m0/s1. The van der Waals surface area contributed by atoms with E-state index in [1.807, 2.05) is 23.1 Å². The summed E-state index contributed by atoms with van der Waals surface area (Å²) in [6.07, 6.45) is -0.972. The molecule has 2 saturated carbocycles. The lowest BCUT2D eigenvalue weighted by Crippen LogP contribution is -2.49. The first-order valence-electron chi connectivity index (χ1n) is 15.3. The second-order valence-corrected chi connectivity index (χ2v) is 13.1. The highest BCUT2D eigenvalue weighted by molar-refractivity contribution is 6.34. The van der Waals surface area contributed by atoms with Gasteiger partial charge in [-0.05, 0) is 80.3 Å². The number of nitrogens with zero attached hydrogens (tertiary/aromatic N) is 2. The van der Waals surface area contributed by atoms with Crippen LogP contribution < -0.4 is 15.1 Å². The van der Waals surface area contributed by atoms with E-state index in [0.717, 1.165) is 36.3 Å². The maximum atomic E-state index is 13.9. The summed E-state index contributed by atoms with van der Waals surface area (Å²) in [6.45, 7) is 0.401. The van der Waals surface area contributed by atoms with Gasteiger partial charge in [-0.25, -0.2) is 0 Å². The maximum absolute atomic E-state index is 13.9. The van der Waals surface area contributed by atoms with Crippen molar-refractivity contribution in [3.8, 4) is 0 Å². The Kier molecular flexibility index (Phi) is 10.4. The highest BCUT2D eigenvalue weighted by Gasteiger charge is 2.52. The summed E-state index contributed by atoms with van der Waals surface area (Å²) in [5.74, 6) is -0.236. The highest BCUT2D eigenvalue weighted by Crippen LogP contribution is 2.53. The van der Waals surface area contributed by atoms with Crippen molar-refractivity contribution in [2.45, 2.75) is 81.8 Å². The van der Waals surface area contributed by atoms with Gasteiger partial charge in [-0.3, -0.25) is 9.59 Å². The van der Waals surface area contributed by atoms with Gasteiger partial charge in [0.1, 0.15) is 18.3 Å². The van der Waals surface area contributed by atoms with E-state index in [1.54, 1.807) is 12.1 Å². The van der Waals surface area contributed by atoms with E-state index in [9.17, 15) is 30.0 Å². The van der Waals surface area contributed by atoms with Crippen LogP contribution in [0.4, 0.5) is 11.4 Å². The molecule has 0 aromatic heterocycles. The lowest BCUT2D eigenvalue weighted by atomic mass is 9.93. The molecule has 3 aliphatic rings. The predicted octanol–water partition coefficient (Wildman–Crippen LogP) is 2.21. The van der Waals surface area contributed by atoms with Crippen molar-refractivity contribution in [2.24, 2.45) is 5.41 Å². The van der Waals surface area contributed by atoms with Gasteiger partial charge < -0.3 is 40.6 Å². The number of aliphatic hydroxyl groups is 5. The van der Waals surface area contributed by atoms with Gasteiger partial charge in [0.2, 0.25) is 11.8 Å². The van der Waals surface area contributed by atoms with Crippen molar-refractivity contribution in [3.05, 3.63) is 57.6 Å². The molecule has 0 bridgehead atoms. The lowest BCUT2D eigenvalue weighted by Gasteiger charge is -2.39. The van der Waals surface area contributed by atoms with Crippen molar-refractivity contribution in [1.29, 1.82) is 0 Å². The summed E-state index contributed by atoms with van der Waals surface area (Å²) < 4.78 is 0. The molecule has 10 nitrogen and oxygen atoms in total. The van der Waals surface area contributed by atoms with Gasteiger partial charge in [-0.2, -0.15) is 0 Å². The van der Waals surface area contributed by atoms with Crippen LogP contribution in [0, 0.1) is 5.41 Å². The van der Waals surface area contributed by atoms with Gasteiger partial charge >= 0.3 is 0 Å². The van der Waals surface area contributed by atoms with E-state index < -0.39 is 42.3 Å². The molecule has 240 valence electrons. The zero-order valence-electron chi connectivity index (χ0n) is 24.5. The molecule has 1 aliphatic heterocycles. The predicted molar refractivity (Wildman–Crippen MR) is 168 cm³/mol. The van der Waals surface area contributed by atoms with Crippen LogP contribution in [0.5, 0.6) is 0 Å². The van der Waals surface area contributed by atoms with Crippen LogP contribution in [0.15, 0.2) is 36.4 Å². The van der Waals surface area contributed by atoms with E-state index in [2.05, 4.69) is 16.3 Å². The summed E-state index contributed by atoms with van der Waals surface area (Å²) in [6, 6.07) is 12.3. The van der Waals surface area contributed by atoms with Crippen molar-refractivity contribution in [3.63, 3.8) is 0 Å². The maximum Gasteiger partial charge on any atom is 0.233 e. The number of rotatable bonds is 14. The third kappa shape index (κ3) is 7.33. The Bertz CT molecular complexity index is 1350. The summed E-state index contributed by atoms with van der Waals surface area (Å²) in [7, 11) is 0. The molecule has 6 N–H and O–H groups in total. The van der Waals surface area contributed by atoms with Crippen molar-refractivity contribution in [1.82, 2.24) is 5.32 Å². The Balaban J connectivity index is 1.13. The summed E-state index contributed by atoms with van der Waals surface area (Å²) in [4.78, 5) is 30.6. The third-order valence-corrected chi connectivity index (χ3v) is 9.83. The molecule has 12 heteroatoms. The highest BCUT2D eigenvalue weighted by atomic mass is 35.5.